The lowest BCUT2D eigenvalue weighted by molar-refractivity contribution is 0.540. The van der Waals surface area contributed by atoms with Gasteiger partial charge in [0.2, 0.25) is 0 Å². The third kappa shape index (κ3) is 2.37. The van der Waals surface area contributed by atoms with Crippen LogP contribution in [0.15, 0.2) is 46.4 Å². The van der Waals surface area contributed by atoms with Crippen LogP contribution in [0.4, 0.5) is 0 Å². The van der Waals surface area contributed by atoms with Gasteiger partial charge in [-0.05, 0) is 17.6 Å². The van der Waals surface area contributed by atoms with Gasteiger partial charge in [-0.2, -0.15) is 9.62 Å². The number of hydrazine groups is 1. The Kier molecular flexibility index (Phi) is 2.86. The smallest absolute Gasteiger partial charge is 0.0537 e. The SMILES string of the molecule is NN1N=CC(Cc2ccccc2)=CS1. The molecule has 2 N–H and O–H groups in total. The number of rotatable bonds is 2. The first-order valence-corrected chi connectivity index (χ1v) is 5.17. The third-order valence-corrected chi connectivity index (χ3v) is 2.62. The third-order valence-electron chi connectivity index (χ3n) is 1.90. The van der Waals surface area contributed by atoms with Crippen molar-refractivity contribution in [2.24, 2.45) is 10.9 Å². The van der Waals surface area contributed by atoms with Gasteiger partial charge < -0.3 is 0 Å². The standard InChI is InChI=1S/C10H11N3S/c11-13-12-7-10(8-14-13)6-9-4-2-1-3-5-9/h1-5,7-8H,6,11H2. The van der Waals surface area contributed by atoms with Crippen molar-refractivity contribution >= 4 is 18.2 Å². The predicted molar refractivity (Wildman–Crippen MR) is 60.3 cm³/mol. The summed E-state index contributed by atoms with van der Waals surface area (Å²) in [6.07, 6.45) is 2.70. The van der Waals surface area contributed by atoms with Gasteiger partial charge in [0.25, 0.3) is 0 Å². The van der Waals surface area contributed by atoms with Crippen LogP contribution in [0.2, 0.25) is 0 Å². The van der Waals surface area contributed by atoms with Gasteiger partial charge in [0.05, 0.1) is 6.21 Å². The number of hydrogen-bond acceptors (Lipinski definition) is 4. The van der Waals surface area contributed by atoms with Crippen LogP contribution in [0.3, 0.4) is 0 Å². The second kappa shape index (κ2) is 4.30. The van der Waals surface area contributed by atoms with E-state index in [4.69, 9.17) is 5.84 Å². The van der Waals surface area contributed by atoms with E-state index >= 15 is 0 Å². The van der Waals surface area contributed by atoms with Crippen LogP contribution >= 0.6 is 11.9 Å². The molecule has 2 rings (SSSR count). The molecule has 0 amide bonds. The maximum absolute atomic E-state index is 5.44. The van der Waals surface area contributed by atoms with E-state index in [0.29, 0.717) is 0 Å². The van der Waals surface area contributed by atoms with Crippen LogP contribution in [-0.2, 0) is 6.42 Å². The molecule has 1 aliphatic heterocycles. The molecule has 0 saturated heterocycles. The molecule has 0 bridgehead atoms. The molecule has 0 spiro atoms. The van der Waals surface area contributed by atoms with E-state index in [1.807, 2.05) is 23.6 Å². The molecule has 1 heterocycles. The molecule has 1 aromatic rings. The van der Waals surface area contributed by atoms with E-state index in [1.54, 1.807) is 6.21 Å². The largest absolute Gasteiger partial charge is 0.220 e. The molecular weight excluding hydrogens is 194 g/mol. The Labute approximate surface area is 87.4 Å². The zero-order valence-corrected chi connectivity index (χ0v) is 8.45. The fourth-order valence-corrected chi connectivity index (χ4v) is 1.72. The minimum atomic E-state index is 0.908. The van der Waals surface area contributed by atoms with Crippen LogP contribution in [0.5, 0.6) is 0 Å². The summed E-state index contributed by atoms with van der Waals surface area (Å²) in [4.78, 5) is 0. The molecule has 0 saturated carbocycles. The van der Waals surface area contributed by atoms with Crippen LogP contribution in [0.25, 0.3) is 0 Å². The highest BCUT2D eigenvalue weighted by Crippen LogP contribution is 2.17. The molecule has 0 atom stereocenters. The van der Waals surface area contributed by atoms with E-state index in [2.05, 4.69) is 17.2 Å². The van der Waals surface area contributed by atoms with Crippen LogP contribution in [0, 0.1) is 0 Å². The first-order chi connectivity index (χ1) is 6.84. The van der Waals surface area contributed by atoms with Gasteiger partial charge in [-0.1, -0.05) is 30.3 Å². The van der Waals surface area contributed by atoms with Gasteiger partial charge >= 0.3 is 0 Å². The minimum absolute atomic E-state index is 0.908. The molecule has 3 nitrogen and oxygen atoms in total. The van der Waals surface area contributed by atoms with Crippen molar-refractivity contribution in [3.63, 3.8) is 0 Å². The molecule has 0 unspecified atom stereocenters. The Morgan fingerprint density at radius 3 is 2.71 bits per heavy atom. The maximum Gasteiger partial charge on any atom is 0.0537 e. The van der Waals surface area contributed by atoms with Crippen molar-refractivity contribution in [3.05, 3.63) is 46.9 Å². The average molecular weight is 205 g/mol. The Bertz CT molecular complexity index is 359. The molecular formula is C10H11N3S. The summed E-state index contributed by atoms with van der Waals surface area (Å²) in [6.45, 7) is 0. The second-order valence-electron chi connectivity index (χ2n) is 3.01. The van der Waals surface area contributed by atoms with Gasteiger partial charge in [-0.3, -0.25) is 0 Å². The molecule has 0 aromatic heterocycles. The zero-order chi connectivity index (χ0) is 9.80. The van der Waals surface area contributed by atoms with Crippen molar-refractivity contribution < 1.29 is 0 Å². The molecule has 72 valence electrons. The number of allylic oxidation sites excluding steroid dienone is 1. The summed E-state index contributed by atoms with van der Waals surface area (Å²) < 4.78 is 1.34. The lowest BCUT2D eigenvalue weighted by atomic mass is 10.1. The molecule has 4 heteroatoms. The quantitative estimate of drug-likeness (QED) is 0.592. The van der Waals surface area contributed by atoms with Gasteiger partial charge in [0.15, 0.2) is 0 Å². The maximum atomic E-state index is 5.44. The average Bonchev–Trinajstić information content (AvgIpc) is 2.23. The van der Waals surface area contributed by atoms with Gasteiger partial charge in [-0.15, -0.1) is 0 Å². The number of hydrazone groups is 1. The summed E-state index contributed by atoms with van der Waals surface area (Å²) in [5, 5.41) is 6.00. The number of hydrogen-bond donors (Lipinski definition) is 1. The van der Waals surface area contributed by atoms with E-state index < -0.39 is 0 Å². The highest BCUT2D eigenvalue weighted by atomic mass is 32.2. The molecule has 0 fully saturated rings. The van der Waals surface area contributed by atoms with Crippen molar-refractivity contribution in [3.8, 4) is 0 Å². The Morgan fingerprint density at radius 1 is 1.29 bits per heavy atom. The number of benzene rings is 1. The van der Waals surface area contributed by atoms with Crippen molar-refractivity contribution in [2.45, 2.75) is 6.42 Å². The van der Waals surface area contributed by atoms with E-state index in [1.165, 1.54) is 27.6 Å². The lowest BCUT2D eigenvalue weighted by Gasteiger charge is -2.13. The summed E-state index contributed by atoms with van der Waals surface area (Å²) in [6, 6.07) is 10.3. The van der Waals surface area contributed by atoms with Gasteiger partial charge in [0, 0.05) is 17.4 Å². The Morgan fingerprint density at radius 2 is 2.07 bits per heavy atom. The normalized spacial score (nSPS) is 15.5. The first kappa shape index (κ1) is 9.30. The van der Waals surface area contributed by atoms with Crippen molar-refractivity contribution in [2.75, 3.05) is 0 Å². The minimum Gasteiger partial charge on any atom is -0.220 e. The van der Waals surface area contributed by atoms with Crippen molar-refractivity contribution in [1.82, 2.24) is 4.52 Å². The van der Waals surface area contributed by atoms with E-state index in [-0.39, 0.29) is 0 Å². The molecule has 0 radical (unpaired) electrons. The summed E-state index contributed by atoms with van der Waals surface area (Å²) in [5.74, 6) is 5.44. The van der Waals surface area contributed by atoms with Crippen LogP contribution in [-0.4, -0.2) is 10.7 Å². The number of nitrogens with two attached hydrogens (primary N) is 1. The predicted octanol–water partition coefficient (Wildman–Crippen LogP) is 1.94. The molecule has 0 aliphatic carbocycles. The van der Waals surface area contributed by atoms with Gasteiger partial charge in [-0.25, -0.2) is 5.84 Å². The summed E-state index contributed by atoms with van der Waals surface area (Å²) >= 11 is 1.40. The topological polar surface area (TPSA) is 41.6 Å². The van der Waals surface area contributed by atoms with E-state index in [0.717, 1.165) is 6.42 Å². The lowest BCUT2D eigenvalue weighted by Crippen LogP contribution is -2.18. The van der Waals surface area contributed by atoms with Crippen LogP contribution < -0.4 is 5.84 Å². The second-order valence-corrected chi connectivity index (χ2v) is 3.83. The highest BCUT2D eigenvalue weighted by Gasteiger charge is 2.03. The monoisotopic (exact) mass is 205 g/mol. The van der Waals surface area contributed by atoms with E-state index in [9.17, 15) is 0 Å². The zero-order valence-electron chi connectivity index (χ0n) is 7.63. The highest BCUT2D eigenvalue weighted by molar-refractivity contribution is 7.99. The Hall–Kier alpha value is -1.26. The fraction of sp³-hybridized carbons (Fsp3) is 0.100. The van der Waals surface area contributed by atoms with Crippen LogP contribution in [0.1, 0.15) is 5.56 Å². The molecule has 14 heavy (non-hydrogen) atoms. The summed E-state index contributed by atoms with van der Waals surface area (Å²) in [7, 11) is 0. The van der Waals surface area contributed by atoms with Crippen molar-refractivity contribution in [1.29, 1.82) is 0 Å². The van der Waals surface area contributed by atoms with Gasteiger partial charge in [0.1, 0.15) is 0 Å². The fourth-order valence-electron chi connectivity index (χ4n) is 1.23. The first-order valence-electron chi connectivity index (χ1n) is 4.33. The molecule has 1 aromatic carbocycles. The Balaban J connectivity index is 2.03. The number of nitrogens with zero attached hydrogens (tertiary/aromatic N) is 2. The molecule has 1 aliphatic rings. The summed E-state index contributed by atoms with van der Waals surface area (Å²) in [5.41, 5.74) is 2.47.